The molecule has 37 heavy (non-hydrogen) atoms. The Bertz CT molecular complexity index is 936. The molecule has 2 rings (SSSR count). The lowest BCUT2D eigenvalue weighted by Gasteiger charge is -2.25. The van der Waals surface area contributed by atoms with Crippen molar-refractivity contribution in [3.05, 3.63) is 58.7 Å². The van der Waals surface area contributed by atoms with Gasteiger partial charge in [-0.1, -0.05) is 51.0 Å². The number of rotatable bonds is 14. The lowest BCUT2D eigenvalue weighted by Crippen LogP contribution is -2.24. The first-order chi connectivity index (χ1) is 17.3. The Morgan fingerprint density at radius 1 is 0.757 bits per heavy atom. The van der Waals surface area contributed by atoms with Gasteiger partial charge in [0, 0.05) is 6.61 Å². The maximum absolute atomic E-state index is 11.3. The van der Waals surface area contributed by atoms with Crippen molar-refractivity contribution in [2.75, 3.05) is 6.61 Å². The summed E-state index contributed by atoms with van der Waals surface area (Å²) < 4.78 is 0. The summed E-state index contributed by atoms with van der Waals surface area (Å²) in [5, 5.41) is 61.0. The average Bonchev–Trinajstić information content (AvgIpc) is 2.82. The van der Waals surface area contributed by atoms with E-state index in [1.54, 1.807) is 50.3 Å². The molecule has 208 valence electrons. The van der Waals surface area contributed by atoms with Gasteiger partial charge in [0.05, 0.1) is 29.8 Å². The monoisotopic (exact) mass is 518 g/mol. The molecule has 6 N–H and O–H groups in total. The van der Waals surface area contributed by atoms with Crippen LogP contribution in [0, 0.1) is 10.8 Å². The molecule has 0 fully saturated rings. The van der Waals surface area contributed by atoms with Gasteiger partial charge in [0.2, 0.25) is 0 Å². The molecule has 7 nitrogen and oxygen atoms in total. The number of aliphatic hydroxyl groups is 5. The Balaban J connectivity index is 1.95. The number of aliphatic carboxylic acids is 1. The van der Waals surface area contributed by atoms with Gasteiger partial charge in [-0.2, -0.15) is 0 Å². The summed E-state index contributed by atoms with van der Waals surface area (Å²) in [4.78, 5) is 11.3. The molecular weight excluding hydrogens is 472 g/mol. The van der Waals surface area contributed by atoms with Crippen LogP contribution in [0.4, 0.5) is 0 Å². The van der Waals surface area contributed by atoms with E-state index in [1.807, 2.05) is 13.8 Å². The first-order valence-electron chi connectivity index (χ1n) is 13.3. The van der Waals surface area contributed by atoms with E-state index in [2.05, 4.69) is 0 Å². The zero-order chi connectivity index (χ0) is 27.8. The van der Waals surface area contributed by atoms with Crippen molar-refractivity contribution in [2.45, 2.75) is 103 Å². The number of hydrogen-bond donors (Lipinski definition) is 6. The van der Waals surface area contributed by atoms with Crippen LogP contribution in [0.5, 0.6) is 0 Å². The van der Waals surface area contributed by atoms with Crippen molar-refractivity contribution in [1.82, 2.24) is 0 Å². The lowest BCUT2D eigenvalue weighted by atomic mass is 9.84. The minimum absolute atomic E-state index is 0.130. The fourth-order valence-corrected chi connectivity index (χ4v) is 4.66. The van der Waals surface area contributed by atoms with Crippen LogP contribution in [0.15, 0.2) is 58.7 Å². The molecule has 0 saturated heterocycles. The number of unbranched alkanes of at least 4 members (excludes halogenated alkanes) is 2. The van der Waals surface area contributed by atoms with Crippen LogP contribution in [0.1, 0.15) is 79.1 Å². The summed E-state index contributed by atoms with van der Waals surface area (Å²) in [6.45, 7) is 7.56. The molecule has 0 aliphatic heterocycles. The Morgan fingerprint density at radius 3 is 1.59 bits per heavy atom. The van der Waals surface area contributed by atoms with Crippen LogP contribution in [-0.4, -0.2) is 67.6 Å². The molecule has 4 unspecified atom stereocenters. The summed E-state index contributed by atoms with van der Waals surface area (Å²) in [7, 11) is 0. The third-order valence-electron chi connectivity index (χ3n) is 7.39. The third-order valence-corrected chi connectivity index (χ3v) is 7.39. The van der Waals surface area contributed by atoms with E-state index in [4.69, 9.17) is 0 Å². The standard InChI is InChI=1S/C30H46O7/c1-29(2,19-31)13-7-5-9-20-15-24(32)17-22(26(20)34)11-12-23-18-25(33)16-21(27(23)35)10-6-8-14-30(3,4)28(36)37/h11-12,15-18,24-27,31-35H,5-10,13-14,19H2,1-4H3,(H,36,37)/b12-11-. The van der Waals surface area contributed by atoms with E-state index in [0.717, 1.165) is 24.8 Å². The molecule has 2 aliphatic carbocycles. The highest BCUT2D eigenvalue weighted by Gasteiger charge is 2.27. The lowest BCUT2D eigenvalue weighted by molar-refractivity contribution is -0.147. The van der Waals surface area contributed by atoms with Gasteiger partial charge in [0.25, 0.3) is 0 Å². The number of aliphatic hydroxyl groups excluding tert-OH is 5. The van der Waals surface area contributed by atoms with Crippen LogP contribution in [-0.2, 0) is 4.79 Å². The smallest absolute Gasteiger partial charge is 0.309 e. The summed E-state index contributed by atoms with van der Waals surface area (Å²) in [6, 6.07) is 0. The Morgan fingerprint density at radius 2 is 1.19 bits per heavy atom. The summed E-state index contributed by atoms with van der Waals surface area (Å²) in [5.74, 6) is -0.830. The second-order valence-corrected chi connectivity index (χ2v) is 11.9. The molecule has 0 spiro atoms. The number of hydrogen-bond acceptors (Lipinski definition) is 6. The predicted molar refractivity (Wildman–Crippen MR) is 145 cm³/mol. The molecule has 0 saturated carbocycles. The normalized spacial score (nSPS) is 25.0. The Labute approximate surface area is 221 Å². The van der Waals surface area contributed by atoms with Gasteiger partial charge in [-0.05, 0) is 92.2 Å². The number of carboxylic acid groups (broad SMARTS) is 1. The molecule has 0 bridgehead atoms. The SMILES string of the molecule is CC(C)(CO)CCCCC1=CC(O)C=C(/C=C\C2=CC(O)C=C(CCCCC(C)(C)C(=O)O)C2O)C1O. The van der Waals surface area contributed by atoms with Crippen LogP contribution >= 0.6 is 0 Å². The molecular formula is C30H46O7. The first-order valence-corrected chi connectivity index (χ1v) is 13.3. The van der Waals surface area contributed by atoms with E-state index in [1.165, 1.54) is 0 Å². The van der Waals surface area contributed by atoms with Crippen molar-refractivity contribution in [1.29, 1.82) is 0 Å². The first kappa shape index (κ1) is 31.2. The van der Waals surface area contributed by atoms with Crippen molar-refractivity contribution < 1.29 is 35.4 Å². The molecule has 0 aromatic carbocycles. The average molecular weight is 519 g/mol. The molecule has 0 heterocycles. The van der Waals surface area contributed by atoms with E-state index < -0.39 is 35.8 Å². The van der Waals surface area contributed by atoms with Crippen LogP contribution in [0.3, 0.4) is 0 Å². The van der Waals surface area contributed by atoms with Crippen LogP contribution in [0.2, 0.25) is 0 Å². The van der Waals surface area contributed by atoms with Gasteiger partial charge in [-0.3, -0.25) is 4.79 Å². The van der Waals surface area contributed by atoms with Gasteiger partial charge >= 0.3 is 5.97 Å². The second kappa shape index (κ2) is 13.7. The van der Waals surface area contributed by atoms with Crippen LogP contribution in [0.25, 0.3) is 0 Å². The molecule has 0 radical (unpaired) electrons. The minimum atomic E-state index is -0.900. The van der Waals surface area contributed by atoms with E-state index >= 15 is 0 Å². The van der Waals surface area contributed by atoms with Gasteiger partial charge < -0.3 is 30.6 Å². The Hall–Kier alpha value is -2.03. The third kappa shape index (κ3) is 9.65. The van der Waals surface area contributed by atoms with Gasteiger partial charge in [-0.25, -0.2) is 0 Å². The van der Waals surface area contributed by atoms with Crippen molar-refractivity contribution in [3.8, 4) is 0 Å². The topological polar surface area (TPSA) is 138 Å². The second-order valence-electron chi connectivity index (χ2n) is 11.9. The van der Waals surface area contributed by atoms with Crippen molar-refractivity contribution >= 4 is 5.97 Å². The van der Waals surface area contributed by atoms with E-state index in [0.29, 0.717) is 48.8 Å². The quantitative estimate of drug-likeness (QED) is 0.151. The maximum Gasteiger partial charge on any atom is 0.309 e. The summed E-state index contributed by atoms with van der Waals surface area (Å²) >= 11 is 0. The van der Waals surface area contributed by atoms with Gasteiger partial charge in [0.15, 0.2) is 0 Å². The largest absolute Gasteiger partial charge is 0.481 e. The molecule has 4 atom stereocenters. The summed E-state index contributed by atoms with van der Waals surface area (Å²) in [5.41, 5.74) is 1.56. The molecule has 0 aromatic heterocycles. The maximum atomic E-state index is 11.3. The molecule has 7 heteroatoms. The highest BCUT2D eigenvalue weighted by Crippen LogP contribution is 2.31. The van der Waals surface area contributed by atoms with Gasteiger partial charge in [0.1, 0.15) is 0 Å². The molecule has 0 amide bonds. The van der Waals surface area contributed by atoms with Crippen molar-refractivity contribution in [3.63, 3.8) is 0 Å². The number of carboxylic acids is 1. The predicted octanol–water partition coefficient (Wildman–Crippen LogP) is 3.97. The highest BCUT2D eigenvalue weighted by molar-refractivity contribution is 5.73. The summed E-state index contributed by atoms with van der Waals surface area (Å²) in [6.07, 6.45) is 12.1. The molecule has 2 aliphatic rings. The molecule has 0 aromatic rings. The Kier molecular flexibility index (Phi) is 11.5. The van der Waals surface area contributed by atoms with Crippen molar-refractivity contribution in [2.24, 2.45) is 10.8 Å². The highest BCUT2D eigenvalue weighted by atomic mass is 16.4. The zero-order valence-electron chi connectivity index (χ0n) is 22.7. The van der Waals surface area contributed by atoms with E-state index in [-0.39, 0.29) is 12.0 Å². The fourth-order valence-electron chi connectivity index (χ4n) is 4.66. The van der Waals surface area contributed by atoms with E-state index in [9.17, 15) is 35.4 Å². The van der Waals surface area contributed by atoms with Gasteiger partial charge in [-0.15, -0.1) is 0 Å². The number of carbonyl (C=O) groups is 1. The fraction of sp³-hybridized carbons (Fsp3) is 0.633. The van der Waals surface area contributed by atoms with Crippen LogP contribution < -0.4 is 0 Å². The zero-order valence-corrected chi connectivity index (χ0v) is 22.7. The minimum Gasteiger partial charge on any atom is -0.481 e.